The van der Waals surface area contributed by atoms with Crippen molar-refractivity contribution in [3.63, 3.8) is 0 Å². The number of hydrogen-bond acceptors (Lipinski definition) is 6. The van der Waals surface area contributed by atoms with E-state index in [2.05, 4.69) is 33.6 Å². The number of aromatic nitrogens is 1. The quantitative estimate of drug-likeness (QED) is 0.182. The van der Waals surface area contributed by atoms with E-state index < -0.39 is 47.9 Å². The van der Waals surface area contributed by atoms with Crippen LogP contribution in [-0.4, -0.2) is 63.7 Å². The molecule has 204 valence electrons. The molecule has 10 nitrogen and oxygen atoms in total. The third-order valence-corrected chi connectivity index (χ3v) is 6.30. The molecule has 0 saturated heterocycles. The van der Waals surface area contributed by atoms with Crippen molar-refractivity contribution < 1.29 is 24.3 Å². The van der Waals surface area contributed by atoms with Gasteiger partial charge in [0.2, 0.25) is 17.7 Å². The summed E-state index contributed by atoms with van der Waals surface area (Å²) in [4.78, 5) is 53.6. The van der Waals surface area contributed by atoms with E-state index in [4.69, 9.17) is 5.73 Å². The molecule has 0 aliphatic carbocycles. The van der Waals surface area contributed by atoms with Crippen LogP contribution in [0, 0.1) is 11.8 Å². The first-order valence-corrected chi connectivity index (χ1v) is 13.1. The Hall–Kier alpha value is -3.05. The molecular formula is C26H39N5O5S. The number of aliphatic carboxylic acids is 1. The largest absolute Gasteiger partial charge is 0.480 e. The van der Waals surface area contributed by atoms with E-state index in [0.29, 0.717) is 12.8 Å². The molecule has 0 radical (unpaired) electrons. The number of fused-ring (bicyclic) bond motifs is 1. The maximum Gasteiger partial charge on any atom is 0.326 e. The van der Waals surface area contributed by atoms with Crippen LogP contribution >= 0.6 is 12.6 Å². The van der Waals surface area contributed by atoms with E-state index in [1.165, 1.54) is 0 Å². The van der Waals surface area contributed by atoms with Crippen LogP contribution in [0.2, 0.25) is 0 Å². The Labute approximate surface area is 222 Å². The van der Waals surface area contributed by atoms with Crippen LogP contribution in [0.1, 0.15) is 46.1 Å². The first-order chi connectivity index (χ1) is 17.4. The molecule has 0 bridgehead atoms. The van der Waals surface area contributed by atoms with Gasteiger partial charge in [0.25, 0.3) is 0 Å². The zero-order valence-corrected chi connectivity index (χ0v) is 22.7. The van der Waals surface area contributed by atoms with Crippen molar-refractivity contribution >= 4 is 47.2 Å². The monoisotopic (exact) mass is 533 g/mol. The van der Waals surface area contributed by atoms with Gasteiger partial charge < -0.3 is 31.8 Å². The topological polar surface area (TPSA) is 166 Å². The van der Waals surface area contributed by atoms with Gasteiger partial charge in [-0.05, 0) is 36.3 Å². The van der Waals surface area contributed by atoms with Crippen molar-refractivity contribution in [3.8, 4) is 0 Å². The first-order valence-electron chi connectivity index (χ1n) is 12.5. The zero-order valence-electron chi connectivity index (χ0n) is 21.8. The predicted octanol–water partition coefficient (Wildman–Crippen LogP) is 1.60. The smallest absolute Gasteiger partial charge is 0.326 e. The van der Waals surface area contributed by atoms with Gasteiger partial charge in [0.1, 0.15) is 18.1 Å². The van der Waals surface area contributed by atoms with Gasteiger partial charge in [-0.15, -0.1) is 0 Å². The molecule has 1 aromatic carbocycles. The minimum atomic E-state index is -1.22. The standard InChI is InChI=1S/C26H39N5O5S/c1-14(2)9-18(27)23(32)29-20(10-15(3)4)24(33)31-22(13-37)25(34)30-21(26(35)36)11-16-12-28-19-8-6-5-7-17(16)19/h5-8,12,14-15,18,20-22,28,37H,9-11,13,27H2,1-4H3,(H,29,32)(H,30,34)(H,31,33)(H,35,36). The maximum absolute atomic E-state index is 13.1. The molecule has 11 heteroatoms. The highest BCUT2D eigenvalue weighted by Gasteiger charge is 2.30. The molecular weight excluding hydrogens is 494 g/mol. The van der Waals surface area contributed by atoms with Crippen molar-refractivity contribution in [2.24, 2.45) is 17.6 Å². The second-order valence-corrected chi connectivity index (χ2v) is 10.5. The molecule has 7 N–H and O–H groups in total. The predicted molar refractivity (Wildman–Crippen MR) is 146 cm³/mol. The van der Waals surface area contributed by atoms with Gasteiger partial charge in [0.05, 0.1) is 6.04 Å². The molecule has 0 aliphatic rings. The van der Waals surface area contributed by atoms with Crippen molar-refractivity contribution in [2.75, 3.05) is 5.75 Å². The van der Waals surface area contributed by atoms with E-state index in [1.807, 2.05) is 52.0 Å². The summed E-state index contributed by atoms with van der Waals surface area (Å²) in [5.74, 6) is -2.65. The van der Waals surface area contributed by atoms with Crippen LogP contribution in [0.15, 0.2) is 30.5 Å². The average molecular weight is 534 g/mol. The molecule has 37 heavy (non-hydrogen) atoms. The number of rotatable bonds is 14. The number of carboxylic acid groups (broad SMARTS) is 1. The lowest BCUT2D eigenvalue weighted by atomic mass is 10.0. The van der Waals surface area contributed by atoms with Crippen LogP contribution < -0.4 is 21.7 Å². The summed E-state index contributed by atoms with van der Waals surface area (Å²) >= 11 is 4.18. The Morgan fingerprint density at radius 2 is 1.46 bits per heavy atom. The summed E-state index contributed by atoms with van der Waals surface area (Å²) in [6.45, 7) is 7.71. The number of hydrogen-bond donors (Lipinski definition) is 7. The van der Waals surface area contributed by atoms with Crippen LogP contribution in [0.5, 0.6) is 0 Å². The summed E-state index contributed by atoms with van der Waals surface area (Å²) in [5, 5.41) is 18.4. The molecule has 4 unspecified atom stereocenters. The fourth-order valence-electron chi connectivity index (χ4n) is 4.06. The van der Waals surface area contributed by atoms with Gasteiger partial charge in [-0.1, -0.05) is 45.9 Å². The molecule has 2 rings (SSSR count). The second-order valence-electron chi connectivity index (χ2n) is 10.1. The number of carbonyl (C=O) groups excluding carboxylic acids is 3. The van der Waals surface area contributed by atoms with Crippen molar-refractivity contribution in [3.05, 3.63) is 36.0 Å². The van der Waals surface area contributed by atoms with Gasteiger partial charge in [0, 0.05) is 29.3 Å². The molecule has 0 spiro atoms. The third-order valence-electron chi connectivity index (χ3n) is 5.93. The number of carbonyl (C=O) groups is 4. The maximum atomic E-state index is 13.1. The number of para-hydroxylation sites is 1. The highest BCUT2D eigenvalue weighted by molar-refractivity contribution is 7.80. The second kappa shape index (κ2) is 14.0. The van der Waals surface area contributed by atoms with E-state index in [1.54, 1.807) is 6.20 Å². The summed E-state index contributed by atoms with van der Waals surface area (Å²) in [5.41, 5.74) is 7.57. The normalized spacial score (nSPS) is 14.7. The summed E-state index contributed by atoms with van der Waals surface area (Å²) in [6, 6.07) is 3.49. The Morgan fingerprint density at radius 3 is 2.05 bits per heavy atom. The number of thiol groups is 1. The van der Waals surface area contributed by atoms with Gasteiger partial charge >= 0.3 is 5.97 Å². The number of benzene rings is 1. The third kappa shape index (κ3) is 9.08. The lowest BCUT2D eigenvalue weighted by Gasteiger charge is -2.25. The Balaban J connectivity index is 2.09. The fraction of sp³-hybridized carbons (Fsp3) is 0.538. The first kappa shape index (κ1) is 30.2. The Kier molecular flexibility index (Phi) is 11.4. The number of nitrogens with one attached hydrogen (secondary N) is 4. The van der Waals surface area contributed by atoms with E-state index in [-0.39, 0.29) is 24.0 Å². The van der Waals surface area contributed by atoms with E-state index >= 15 is 0 Å². The summed E-state index contributed by atoms with van der Waals surface area (Å²) in [6.07, 6.45) is 2.58. The Bertz CT molecular complexity index is 1090. The highest BCUT2D eigenvalue weighted by Crippen LogP contribution is 2.19. The number of carboxylic acids is 1. The van der Waals surface area contributed by atoms with Gasteiger partial charge in [0.15, 0.2) is 0 Å². The SMILES string of the molecule is CC(C)CC(N)C(=O)NC(CC(C)C)C(=O)NC(CS)C(=O)NC(Cc1c[nH]c2ccccc12)C(=O)O. The van der Waals surface area contributed by atoms with Crippen molar-refractivity contribution in [1.82, 2.24) is 20.9 Å². The van der Waals surface area contributed by atoms with Gasteiger partial charge in [-0.2, -0.15) is 12.6 Å². The van der Waals surface area contributed by atoms with E-state index in [9.17, 15) is 24.3 Å². The van der Waals surface area contributed by atoms with Crippen molar-refractivity contribution in [1.29, 1.82) is 0 Å². The molecule has 0 aliphatic heterocycles. The molecule has 1 heterocycles. The average Bonchev–Trinajstić information content (AvgIpc) is 3.23. The number of amides is 3. The number of nitrogens with two attached hydrogens (primary N) is 1. The summed E-state index contributed by atoms with van der Waals surface area (Å²) < 4.78 is 0. The summed E-state index contributed by atoms with van der Waals surface area (Å²) in [7, 11) is 0. The Morgan fingerprint density at radius 1 is 0.892 bits per heavy atom. The van der Waals surface area contributed by atoms with Crippen LogP contribution in [0.4, 0.5) is 0 Å². The molecule has 3 amide bonds. The molecule has 4 atom stereocenters. The number of H-pyrrole nitrogens is 1. The minimum absolute atomic E-state index is 0.0537. The zero-order chi connectivity index (χ0) is 27.7. The highest BCUT2D eigenvalue weighted by atomic mass is 32.1. The number of aromatic amines is 1. The molecule has 1 aromatic heterocycles. The van der Waals surface area contributed by atoms with Crippen LogP contribution in [-0.2, 0) is 25.6 Å². The van der Waals surface area contributed by atoms with Crippen LogP contribution in [0.3, 0.4) is 0 Å². The van der Waals surface area contributed by atoms with E-state index in [0.717, 1.165) is 16.5 Å². The minimum Gasteiger partial charge on any atom is -0.480 e. The van der Waals surface area contributed by atoms with Gasteiger partial charge in [-0.25, -0.2) is 4.79 Å². The molecule has 0 fully saturated rings. The lowest BCUT2D eigenvalue weighted by Crippen LogP contribution is -2.58. The fourth-order valence-corrected chi connectivity index (χ4v) is 4.31. The lowest BCUT2D eigenvalue weighted by molar-refractivity contribution is -0.142. The molecule has 0 saturated carbocycles. The van der Waals surface area contributed by atoms with Gasteiger partial charge in [-0.3, -0.25) is 14.4 Å². The van der Waals surface area contributed by atoms with Crippen LogP contribution in [0.25, 0.3) is 10.9 Å². The van der Waals surface area contributed by atoms with Crippen molar-refractivity contribution in [2.45, 2.75) is 71.1 Å². The molecule has 2 aromatic rings.